The summed E-state index contributed by atoms with van der Waals surface area (Å²) in [6.07, 6.45) is 4.53. The minimum atomic E-state index is 0.574. The Morgan fingerprint density at radius 1 is 1.38 bits per heavy atom. The highest BCUT2D eigenvalue weighted by molar-refractivity contribution is 7.99. The van der Waals surface area contributed by atoms with Crippen molar-refractivity contribution in [1.82, 2.24) is 5.32 Å². The molecule has 2 aliphatic heterocycles. The maximum absolute atomic E-state index is 5.57. The van der Waals surface area contributed by atoms with Gasteiger partial charge in [-0.15, -0.1) is 0 Å². The Morgan fingerprint density at radius 3 is 2.92 bits per heavy atom. The molecule has 3 heteroatoms. The summed E-state index contributed by atoms with van der Waals surface area (Å²) in [6.45, 7) is 3.50. The quantitative estimate of drug-likeness (QED) is 0.681. The van der Waals surface area contributed by atoms with Crippen LogP contribution in [0.3, 0.4) is 0 Å². The highest BCUT2D eigenvalue weighted by Crippen LogP contribution is 2.19. The molecule has 2 heterocycles. The Kier molecular flexibility index (Phi) is 3.94. The van der Waals surface area contributed by atoms with Crippen LogP contribution in [0.1, 0.15) is 19.3 Å². The summed E-state index contributed by atoms with van der Waals surface area (Å²) in [5, 5.41) is 3.31. The fraction of sp³-hybridized carbons (Fsp3) is 1.00. The van der Waals surface area contributed by atoms with Gasteiger partial charge in [0.1, 0.15) is 0 Å². The third-order valence-corrected chi connectivity index (χ3v) is 4.00. The van der Waals surface area contributed by atoms with Crippen LogP contribution in [-0.4, -0.2) is 37.3 Å². The summed E-state index contributed by atoms with van der Waals surface area (Å²) in [5.74, 6) is 3.52. The molecule has 0 saturated carbocycles. The molecular formula is C10H19NOS. The van der Waals surface area contributed by atoms with Gasteiger partial charge >= 0.3 is 0 Å². The number of rotatable bonds is 5. The average Bonchev–Trinajstić information content (AvgIpc) is 2.53. The Bertz CT molecular complexity index is 144. The van der Waals surface area contributed by atoms with Gasteiger partial charge in [-0.3, -0.25) is 0 Å². The summed E-state index contributed by atoms with van der Waals surface area (Å²) >= 11 is 2.08. The predicted octanol–water partition coefficient (Wildman–Crippen LogP) is 1.51. The van der Waals surface area contributed by atoms with Gasteiger partial charge in [0, 0.05) is 12.4 Å². The van der Waals surface area contributed by atoms with E-state index in [-0.39, 0.29) is 0 Å². The molecule has 76 valence electrons. The van der Waals surface area contributed by atoms with Crippen LogP contribution in [-0.2, 0) is 4.74 Å². The van der Waals surface area contributed by atoms with Gasteiger partial charge < -0.3 is 10.1 Å². The van der Waals surface area contributed by atoms with Crippen molar-refractivity contribution in [1.29, 1.82) is 0 Å². The molecule has 0 amide bonds. The van der Waals surface area contributed by atoms with Gasteiger partial charge in [0.2, 0.25) is 0 Å². The fourth-order valence-electron chi connectivity index (χ4n) is 1.79. The molecule has 1 N–H and O–H groups in total. The van der Waals surface area contributed by atoms with Crippen molar-refractivity contribution in [3.8, 4) is 0 Å². The SMILES string of the molecule is C1COC(CSCCC2CNC2)C1. The van der Waals surface area contributed by atoms with Crippen LogP contribution >= 0.6 is 11.8 Å². The van der Waals surface area contributed by atoms with Crippen LogP contribution in [0.2, 0.25) is 0 Å². The lowest BCUT2D eigenvalue weighted by Gasteiger charge is -2.26. The van der Waals surface area contributed by atoms with Crippen LogP contribution in [0, 0.1) is 5.92 Å². The van der Waals surface area contributed by atoms with E-state index in [1.165, 1.54) is 43.9 Å². The van der Waals surface area contributed by atoms with E-state index >= 15 is 0 Å². The fourth-order valence-corrected chi connectivity index (χ4v) is 2.99. The maximum Gasteiger partial charge on any atom is 0.0666 e. The first-order valence-electron chi connectivity index (χ1n) is 5.35. The average molecular weight is 201 g/mol. The summed E-state index contributed by atoms with van der Waals surface area (Å²) < 4.78 is 5.57. The van der Waals surface area contributed by atoms with Crippen molar-refractivity contribution in [3.05, 3.63) is 0 Å². The number of ether oxygens (including phenoxy) is 1. The predicted molar refractivity (Wildman–Crippen MR) is 57.3 cm³/mol. The molecule has 0 bridgehead atoms. The molecular weight excluding hydrogens is 182 g/mol. The number of hydrogen-bond donors (Lipinski definition) is 1. The number of thioether (sulfide) groups is 1. The molecule has 0 aromatic heterocycles. The zero-order valence-corrected chi connectivity index (χ0v) is 8.94. The summed E-state index contributed by atoms with van der Waals surface area (Å²) in [7, 11) is 0. The zero-order valence-electron chi connectivity index (χ0n) is 8.13. The summed E-state index contributed by atoms with van der Waals surface area (Å²) in [6, 6.07) is 0. The van der Waals surface area contributed by atoms with Crippen molar-refractivity contribution in [2.75, 3.05) is 31.2 Å². The maximum atomic E-state index is 5.57. The molecule has 2 rings (SSSR count). The van der Waals surface area contributed by atoms with Crippen molar-refractivity contribution in [2.45, 2.75) is 25.4 Å². The molecule has 2 fully saturated rings. The van der Waals surface area contributed by atoms with Crippen molar-refractivity contribution in [3.63, 3.8) is 0 Å². The van der Waals surface area contributed by atoms with Gasteiger partial charge in [-0.05, 0) is 44.0 Å². The molecule has 0 radical (unpaired) electrons. The van der Waals surface area contributed by atoms with Crippen LogP contribution in [0.4, 0.5) is 0 Å². The molecule has 0 aromatic rings. The van der Waals surface area contributed by atoms with E-state index in [0.717, 1.165) is 12.5 Å². The molecule has 0 aliphatic carbocycles. The Hall–Kier alpha value is 0.270. The molecule has 2 aliphatic rings. The molecule has 1 unspecified atom stereocenters. The Labute approximate surface area is 84.8 Å². The van der Waals surface area contributed by atoms with Gasteiger partial charge in [0.15, 0.2) is 0 Å². The highest BCUT2D eigenvalue weighted by atomic mass is 32.2. The van der Waals surface area contributed by atoms with E-state index in [4.69, 9.17) is 4.74 Å². The van der Waals surface area contributed by atoms with E-state index in [2.05, 4.69) is 17.1 Å². The van der Waals surface area contributed by atoms with E-state index in [9.17, 15) is 0 Å². The van der Waals surface area contributed by atoms with Gasteiger partial charge in [0.25, 0.3) is 0 Å². The summed E-state index contributed by atoms with van der Waals surface area (Å²) in [4.78, 5) is 0. The number of hydrogen-bond acceptors (Lipinski definition) is 3. The van der Waals surface area contributed by atoms with E-state index in [0.29, 0.717) is 6.10 Å². The largest absolute Gasteiger partial charge is 0.377 e. The van der Waals surface area contributed by atoms with Gasteiger partial charge in [-0.2, -0.15) is 11.8 Å². The molecule has 0 spiro atoms. The van der Waals surface area contributed by atoms with Crippen LogP contribution in [0.25, 0.3) is 0 Å². The zero-order chi connectivity index (χ0) is 8.93. The first-order valence-corrected chi connectivity index (χ1v) is 6.50. The molecule has 13 heavy (non-hydrogen) atoms. The van der Waals surface area contributed by atoms with E-state index < -0.39 is 0 Å². The molecule has 2 nitrogen and oxygen atoms in total. The molecule has 1 atom stereocenters. The van der Waals surface area contributed by atoms with Gasteiger partial charge in [-0.1, -0.05) is 0 Å². The third kappa shape index (κ3) is 3.15. The second kappa shape index (κ2) is 5.23. The monoisotopic (exact) mass is 201 g/mol. The van der Waals surface area contributed by atoms with Gasteiger partial charge in [0.05, 0.1) is 6.10 Å². The lowest BCUT2D eigenvalue weighted by molar-refractivity contribution is 0.129. The topological polar surface area (TPSA) is 21.3 Å². The first kappa shape index (κ1) is 9.81. The van der Waals surface area contributed by atoms with Crippen molar-refractivity contribution >= 4 is 11.8 Å². The molecule has 2 saturated heterocycles. The first-order chi connectivity index (χ1) is 6.45. The van der Waals surface area contributed by atoms with E-state index in [1.54, 1.807) is 0 Å². The van der Waals surface area contributed by atoms with Crippen molar-refractivity contribution < 1.29 is 4.74 Å². The number of nitrogens with one attached hydrogen (secondary N) is 1. The second-order valence-corrected chi connectivity index (χ2v) is 5.17. The summed E-state index contributed by atoms with van der Waals surface area (Å²) in [5.41, 5.74) is 0. The van der Waals surface area contributed by atoms with Crippen LogP contribution in [0.5, 0.6) is 0 Å². The lowest BCUT2D eigenvalue weighted by Crippen LogP contribution is -2.42. The minimum Gasteiger partial charge on any atom is -0.377 e. The smallest absolute Gasteiger partial charge is 0.0666 e. The highest BCUT2D eigenvalue weighted by Gasteiger charge is 2.17. The third-order valence-electron chi connectivity index (χ3n) is 2.86. The van der Waals surface area contributed by atoms with E-state index in [1.807, 2.05) is 0 Å². The van der Waals surface area contributed by atoms with Crippen LogP contribution in [0.15, 0.2) is 0 Å². The molecule has 0 aromatic carbocycles. The Balaban J connectivity index is 1.43. The standard InChI is InChI=1S/C10H19NOS/c1-2-10(12-4-1)8-13-5-3-9-6-11-7-9/h9-11H,1-8H2. The Morgan fingerprint density at radius 2 is 2.31 bits per heavy atom. The normalized spacial score (nSPS) is 29.1. The van der Waals surface area contributed by atoms with Gasteiger partial charge in [-0.25, -0.2) is 0 Å². The van der Waals surface area contributed by atoms with Crippen molar-refractivity contribution in [2.24, 2.45) is 5.92 Å². The minimum absolute atomic E-state index is 0.574. The lowest BCUT2D eigenvalue weighted by atomic mass is 10.0. The van der Waals surface area contributed by atoms with Crippen LogP contribution < -0.4 is 5.32 Å². The second-order valence-electron chi connectivity index (χ2n) is 4.02.